The van der Waals surface area contributed by atoms with Crippen molar-refractivity contribution in [3.05, 3.63) is 30.1 Å². The van der Waals surface area contributed by atoms with Crippen LogP contribution < -0.4 is 5.73 Å². The highest BCUT2D eigenvalue weighted by molar-refractivity contribution is 5.11. The monoisotopic (exact) mass is 246 g/mol. The number of nitrogens with two attached hydrogens (primary N) is 1. The molecule has 0 saturated carbocycles. The predicted octanol–water partition coefficient (Wildman–Crippen LogP) is 2.09. The van der Waals surface area contributed by atoms with E-state index in [1.807, 2.05) is 32.2 Å². The van der Waals surface area contributed by atoms with Crippen LogP contribution in [-0.4, -0.2) is 29.0 Å². The highest BCUT2D eigenvalue weighted by atomic mass is 15.2. The summed E-state index contributed by atoms with van der Waals surface area (Å²) in [5.74, 6) is 0. The van der Waals surface area contributed by atoms with Gasteiger partial charge in [-0.25, -0.2) is 0 Å². The van der Waals surface area contributed by atoms with E-state index < -0.39 is 0 Å². The van der Waals surface area contributed by atoms with Crippen molar-refractivity contribution < 1.29 is 0 Å². The molecule has 3 atom stereocenters. The molecule has 1 aromatic rings. The fraction of sp³-hybridized carbons (Fsp3) is 0.571. The van der Waals surface area contributed by atoms with Crippen LogP contribution in [0.25, 0.3) is 0 Å². The Morgan fingerprint density at radius 3 is 2.72 bits per heavy atom. The maximum Gasteiger partial charge on any atom is 0.0673 e. The molecule has 98 valence electrons. The topological polar surface area (TPSA) is 65.9 Å². The van der Waals surface area contributed by atoms with E-state index in [0.29, 0.717) is 6.42 Å². The molecule has 0 aliphatic heterocycles. The van der Waals surface area contributed by atoms with Crippen molar-refractivity contribution >= 4 is 0 Å². The van der Waals surface area contributed by atoms with E-state index in [9.17, 15) is 0 Å². The Labute approximate surface area is 109 Å². The third kappa shape index (κ3) is 3.52. The molecule has 0 amide bonds. The number of rotatable bonds is 6. The molecule has 0 aliphatic carbocycles. The van der Waals surface area contributed by atoms with E-state index in [4.69, 9.17) is 11.0 Å². The molecule has 0 bridgehead atoms. The summed E-state index contributed by atoms with van der Waals surface area (Å²) < 4.78 is 0. The van der Waals surface area contributed by atoms with Gasteiger partial charge in [-0.15, -0.1) is 0 Å². The van der Waals surface area contributed by atoms with Crippen LogP contribution in [0.5, 0.6) is 0 Å². The first kappa shape index (κ1) is 14.6. The SMILES string of the molecule is CCC(N)C(c1ccccn1)N(C)C(C)CC#N. The van der Waals surface area contributed by atoms with Gasteiger partial charge in [0.15, 0.2) is 0 Å². The standard InChI is InChI=1S/C14H22N4/c1-4-12(16)14(13-7-5-6-10-17-13)18(3)11(2)8-9-15/h5-7,10-12,14H,4,8,16H2,1-3H3. The molecule has 18 heavy (non-hydrogen) atoms. The minimum atomic E-state index is 0.0195. The van der Waals surface area contributed by atoms with E-state index in [-0.39, 0.29) is 18.1 Å². The first-order valence-electron chi connectivity index (χ1n) is 6.37. The Hall–Kier alpha value is -1.44. The van der Waals surface area contributed by atoms with E-state index in [1.165, 1.54) is 0 Å². The summed E-state index contributed by atoms with van der Waals surface area (Å²) in [6, 6.07) is 8.32. The first-order chi connectivity index (χ1) is 8.61. The smallest absolute Gasteiger partial charge is 0.0673 e. The maximum atomic E-state index is 8.81. The number of likely N-dealkylation sites (N-methyl/N-ethyl adjacent to an activating group) is 1. The lowest BCUT2D eigenvalue weighted by atomic mass is 9.99. The fourth-order valence-corrected chi connectivity index (χ4v) is 2.05. The van der Waals surface area contributed by atoms with Gasteiger partial charge in [-0.3, -0.25) is 9.88 Å². The second-order valence-corrected chi connectivity index (χ2v) is 4.65. The molecule has 1 heterocycles. The Bertz CT molecular complexity index is 385. The molecule has 0 spiro atoms. The summed E-state index contributed by atoms with van der Waals surface area (Å²) in [6.07, 6.45) is 3.16. The Morgan fingerprint density at radius 1 is 1.50 bits per heavy atom. The summed E-state index contributed by atoms with van der Waals surface area (Å²) in [5.41, 5.74) is 7.19. The van der Waals surface area contributed by atoms with Crippen molar-refractivity contribution in [2.45, 2.75) is 44.8 Å². The summed E-state index contributed by atoms with van der Waals surface area (Å²) in [5, 5.41) is 8.81. The van der Waals surface area contributed by atoms with Gasteiger partial charge in [0.1, 0.15) is 0 Å². The molecule has 4 heteroatoms. The van der Waals surface area contributed by atoms with Crippen LogP contribution in [0, 0.1) is 11.3 Å². The number of hydrogen-bond donors (Lipinski definition) is 1. The van der Waals surface area contributed by atoms with Crippen LogP contribution in [0.15, 0.2) is 24.4 Å². The highest BCUT2D eigenvalue weighted by Gasteiger charge is 2.27. The normalized spacial score (nSPS) is 16.0. The molecule has 0 saturated heterocycles. The molecule has 3 unspecified atom stereocenters. The van der Waals surface area contributed by atoms with Gasteiger partial charge < -0.3 is 5.73 Å². The lowest BCUT2D eigenvalue weighted by Crippen LogP contribution is -2.43. The highest BCUT2D eigenvalue weighted by Crippen LogP contribution is 2.24. The average Bonchev–Trinajstić information content (AvgIpc) is 2.40. The molecule has 4 nitrogen and oxygen atoms in total. The summed E-state index contributed by atoms with van der Waals surface area (Å²) >= 11 is 0. The van der Waals surface area contributed by atoms with Crippen molar-refractivity contribution in [3.8, 4) is 6.07 Å². The van der Waals surface area contributed by atoms with Crippen LogP contribution in [0.2, 0.25) is 0 Å². The molecular weight excluding hydrogens is 224 g/mol. The zero-order valence-corrected chi connectivity index (χ0v) is 11.4. The van der Waals surface area contributed by atoms with Crippen LogP contribution >= 0.6 is 0 Å². The summed E-state index contributed by atoms with van der Waals surface area (Å²) in [6.45, 7) is 4.12. The molecule has 0 fully saturated rings. The Morgan fingerprint density at radius 2 is 2.22 bits per heavy atom. The Balaban J connectivity index is 2.96. The zero-order valence-electron chi connectivity index (χ0n) is 11.4. The van der Waals surface area contributed by atoms with Gasteiger partial charge in [0, 0.05) is 18.3 Å². The van der Waals surface area contributed by atoms with Gasteiger partial charge in [-0.05, 0) is 32.5 Å². The van der Waals surface area contributed by atoms with Crippen LogP contribution in [0.3, 0.4) is 0 Å². The van der Waals surface area contributed by atoms with Crippen molar-refractivity contribution in [2.75, 3.05) is 7.05 Å². The Kier molecular flexibility index (Phi) is 5.76. The number of hydrogen-bond acceptors (Lipinski definition) is 4. The van der Waals surface area contributed by atoms with Gasteiger partial charge in [0.2, 0.25) is 0 Å². The van der Waals surface area contributed by atoms with Gasteiger partial charge >= 0.3 is 0 Å². The molecule has 0 radical (unpaired) electrons. The van der Waals surface area contributed by atoms with Crippen LogP contribution in [0.4, 0.5) is 0 Å². The molecule has 2 N–H and O–H groups in total. The minimum absolute atomic E-state index is 0.0195. The molecule has 1 rings (SSSR count). The van der Waals surface area contributed by atoms with E-state index in [2.05, 4.69) is 22.9 Å². The van der Waals surface area contributed by atoms with Gasteiger partial charge in [0.05, 0.1) is 24.2 Å². The van der Waals surface area contributed by atoms with Gasteiger partial charge in [-0.2, -0.15) is 5.26 Å². The first-order valence-corrected chi connectivity index (χ1v) is 6.37. The molecular formula is C14H22N4. The van der Waals surface area contributed by atoms with E-state index in [1.54, 1.807) is 6.20 Å². The number of nitrogens with zero attached hydrogens (tertiary/aromatic N) is 3. The van der Waals surface area contributed by atoms with Crippen molar-refractivity contribution in [1.82, 2.24) is 9.88 Å². The molecule has 1 aromatic heterocycles. The van der Waals surface area contributed by atoms with Crippen molar-refractivity contribution in [1.29, 1.82) is 5.26 Å². The van der Waals surface area contributed by atoms with E-state index in [0.717, 1.165) is 12.1 Å². The summed E-state index contributed by atoms with van der Waals surface area (Å²) in [4.78, 5) is 6.56. The number of nitriles is 1. The van der Waals surface area contributed by atoms with E-state index >= 15 is 0 Å². The lowest BCUT2D eigenvalue weighted by Gasteiger charge is -2.35. The second kappa shape index (κ2) is 7.10. The molecule has 0 aromatic carbocycles. The quantitative estimate of drug-likeness (QED) is 0.834. The van der Waals surface area contributed by atoms with Crippen LogP contribution in [-0.2, 0) is 0 Å². The summed E-state index contributed by atoms with van der Waals surface area (Å²) in [7, 11) is 2.01. The largest absolute Gasteiger partial charge is 0.326 e. The maximum absolute atomic E-state index is 8.81. The third-order valence-corrected chi connectivity index (χ3v) is 3.39. The number of pyridine rings is 1. The third-order valence-electron chi connectivity index (χ3n) is 3.39. The zero-order chi connectivity index (χ0) is 13.5. The van der Waals surface area contributed by atoms with Crippen molar-refractivity contribution in [3.63, 3.8) is 0 Å². The van der Waals surface area contributed by atoms with Crippen molar-refractivity contribution in [2.24, 2.45) is 5.73 Å². The molecule has 0 aliphatic rings. The predicted molar refractivity (Wildman–Crippen MR) is 72.7 cm³/mol. The van der Waals surface area contributed by atoms with Gasteiger partial charge in [-0.1, -0.05) is 13.0 Å². The average molecular weight is 246 g/mol. The second-order valence-electron chi connectivity index (χ2n) is 4.65. The fourth-order valence-electron chi connectivity index (χ4n) is 2.05. The lowest BCUT2D eigenvalue weighted by molar-refractivity contribution is 0.156. The number of aromatic nitrogens is 1. The van der Waals surface area contributed by atoms with Crippen LogP contribution in [0.1, 0.15) is 38.4 Å². The minimum Gasteiger partial charge on any atom is -0.326 e. The van der Waals surface area contributed by atoms with Gasteiger partial charge in [0.25, 0.3) is 0 Å².